The highest BCUT2D eigenvalue weighted by Gasteiger charge is 2.26. The van der Waals surface area contributed by atoms with E-state index in [0.29, 0.717) is 0 Å². The first-order valence-corrected chi connectivity index (χ1v) is 6.38. The van der Waals surface area contributed by atoms with Crippen LogP contribution >= 0.6 is 0 Å². The third kappa shape index (κ3) is 3.70. The van der Waals surface area contributed by atoms with Gasteiger partial charge in [0.15, 0.2) is 0 Å². The molecule has 1 N–H and O–H groups in total. The zero-order chi connectivity index (χ0) is 12.5. The molecular weight excluding hydrogens is 210 g/mol. The summed E-state index contributed by atoms with van der Waals surface area (Å²) >= 11 is 0. The molecular formula is C14H23N3. The largest absolute Gasteiger partial charge is 0.357 e. The molecule has 1 heterocycles. The SMILES string of the molecule is CN(c1ccc(CNC(C)(C)C)cn1)C1CC1. The Kier molecular flexibility index (Phi) is 3.38. The third-order valence-electron chi connectivity index (χ3n) is 3.09. The maximum atomic E-state index is 4.53. The molecule has 0 saturated heterocycles. The number of pyridine rings is 1. The molecule has 3 nitrogen and oxygen atoms in total. The molecule has 3 heteroatoms. The van der Waals surface area contributed by atoms with E-state index in [1.807, 2.05) is 6.20 Å². The molecule has 0 unspecified atom stereocenters. The van der Waals surface area contributed by atoms with E-state index in [1.54, 1.807) is 0 Å². The van der Waals surface area contributed by atoms with Crippen molar-refractivity contribution in [2.75, 3.05) is 11.9 Å². The molecule has 0 aromatic carbocycles. The number of nitrogens with one attached hydrogen (secondary N) is 1. The van der Waals surface area contributed by atoms with Crippen molar-refractivity contribution in [3.8, 4) is 0 Å². The van der Waals surface area contributed by atoms with Crippen molar-refractivity contribution in [1.82, 2.24) is 10.3 Å². The molecule has 1 aromatic rings. The van der Waals surface area contributed by atoms with Crippen LogP contribution in [0.15, 0.2) is 18.3 Å². The molecule has 1 aromatic heterocycles. The van der Waals surface area contributed by atoms with Gasteiger partial charge in [-0.2, -0.15) is 0 Å². The van der Waals surface area contributed by atoms with E-state index in [9.17, 15) is 0 Å². The van der Waals surface area contributed by atoms with Gasteiger partial charge in [-0.1, -0.05) is 6.07 Å². The minimum absolute atomic E-state index is 0.156. The molecule has 1 fully saturated rings. The summed E-state index contributed by atoms with van der Waals surface area (Å²) in [5.74, 6) is 1.09. The smallest absolute Gasteiger partial charge is 0.128 e. The Labute approximate surface area is 104 Å². The molecule has 0 radical (unpaired) electrons. The molecule has 0 amide bonds. The number of hydrogen-bond donors (Lipinski definition) is 1. The average Bonchev–Trinajstić information content (AvgIpc) is 3.09. The zero-order valence-electron chi connectivity index (χ0n) is 11.3. The Morgan fingerprint density at radius 2 is 2.06 bits per heavy atom. The van der Waals surface area contributed by atoms with Crippen molar-refractivity contribution < 1.29 is 0 Å². The predicted molar refractivity (Wildman–Crippen MR) is 72.3 cm³/mol. The van der Waals surface area contributed by atoms with Crippen LogP contribution in [-0.2, 0) is 6.54 Å². The van der Waals surface area contributed by atoms with E-state index in [2.05, 4.69) is 55.2 Å². The summed E-state index contributed by atoms with van der Waals surface area (Å²) < 4.78 is 0. The van der Waals surface area contributed by atoms with Gasteiger partial charge in [0.1, 0.15) is 5.82 Å². The number of hydrogen-bond acceptors (Lipinski definition) is 3. The molecule has 0 atom stereocenters. The Morgan fingerprint density at radius 3 is 2.53 bits per heavy atom. The van der Waals surface area contributed by atoms with Gasteiger partial charge in [-0.05, 0) is 45.2 Å². The molecule has 17 heavy (non-hydrogen) atoms. The standard InChI is InChI=1S/C14H23N3/c1-14(2,3)16-10-11-5-8-13(15-9-11)17(4)12-6-7-12/h5,8-9,12,16H,6-7,10H2,1-4H3. The van der Waals surface area contributed by atoms with Crippen LogP contribution in [0, 0.1) is 0 Å². The fraction of sp³-hybridized carbons (Fsp3) is 0.643. The van der Waals surface area contributed by atoms with Gasteiger partial charge in [-0.3, -0.25) is 0 Å². The van der Waals surface area contributed by atoms with Crippen molar-refractivity contribution in [3.05, 3.63) is 23.9 Å². The maximum Gasteiger partial charge on any atom is 0.128 e. The number of rotatable bonds is 4. The summed E-state index contributed by atoms with van der Waals surface area (Å²) in [6.07, 6.45) is 4.60. The van der Waals surface area contributed by atoms with Gasteiger partial charge in [0.25, 0.3) is 0 Å². The van der Waals surface area contributed by atoms with Crippen molar-refractivity contribution >= 4 is 5.82 Å². The number of anilines is 1. The van der Waals surface area contributed by atoms with Crippen LogP contribution < -0.4 is 10.2 Å². The minimum Gasteiger partial charge on any atom is -0.357 e. The maximum absolute atomic E-state index is 4.53. The summed E-state index contributed by atoms with van der Waals surface area (Å²) in [5.41, 5.74) is 1.40. The van der Waals surface area contributed by atoms with Gasteiger partial charge in [0.05, 0.1) is 0 Å². The second-order valence-corrected chi connectivity index (χ2v) is 5.97. The minimum atomic E-state index is 0.156. The zero-order valence-corrected chi connectivity index (χ0v) is 11.3. The van der Waals surface area contributed by atoms with Crippen molar-refractivity contribution in [3.63, 3.8) is 0 Å². The lowest BCUT2D eigenvalue weighted by atomic mass is 10.1. The molecule has 2 rings (SSSR count). The Hall–Kier alpha value is -1.09. The van der Waals surface area contributed by atoms with Crippen molar-refractivity contribution in [2.24, 2.45) is 0 Å². The Balaban J connectivity index is 1.93. The van der Waals surface area contributed by atoms with Crippen molar-refractivity contribution in [2.45, 2.75) is 51.7 Å². The predicted octanol–water partition coefficient (Wildman–Crippen LogP) is 2.57. The van der Waals surface area contributed by atoms with Gasteiger partial charge < -0.3 is 10.2 Å². The third-order valence-corrected chi connectivity index (χ3v) is 3.09. The van der Waals surface area contributed by atoms with Gasteiger partial charge in [-0.15, -0.1) is 0 Å². The molecule has 1 aliphatic rings. The van der Waals surface area contributed by atoms with E-state index >= 15 is 0 Å². The summed E-state index contributed by atoms with van der Waals surface area (Å²) in [6.45, 7) is 7.41. The first-order chi connectivity index (χ1) is 7.96. The van der Waals surface area contributed by atoms with E-state index in [4.69, 9.17) is 0 Å². The quantitative estimate of drug-likeness (QED) is 0.866. The monoisotopic (exact) mass is 233 g/mol. The fourth-order valence-corrected chi connectivity index (χ4v) is 1.75. The molecule has 0 aliphatic heterocycles. The van der Waals surface area contributed by atoms with E-state index < -0.39 is 0 Å². The van der Waals surface area contributed by atoms with E-state index in [1.165, 1.54) is 18.4 Å². The average molecular weight is 233 g/mol. The van der Waals surface area contributed by atoms with Crippen LogP contribution in [0.5, 0.6) is 0 Å². The number of nitrogens with zero attached hydrogens (tertiary/aromatic N) is 2. The van der Waals surface area contributed by atoms with Crippen LogP contribution in [0.25, 0.3) is 0 Å². The highest BCUT2D eigenvalue weighted by atomic mass is 15.2. The summed E-state index contributed by atoms with van der Waals surface area (Å²) in [5, 5.41) is 3.47. The molecule has 0 spiro atoms. The van der Waals surface area contributed by atoms with Crippen LogP contribution in [0.3, 0.4) is 0 Å². The number of aromatic nitrogens is 1. The van der Waals surface area contributed by atoms with Crippen LogP contribution in [0.1, 0.15) is 39.2 Å². The lowest BCUT2D eigenvalue weighted by molar-refractivity contribution is 0.424. The fourth-order valence-electron chi connectivity index (χ4n) is 1.75. The summed E-state index contributed by atoms with van der Waals surface area (Å²) in [7, 11) is 2.13. The highest BCUT2D eigenvalue weighted by molar-refractivity contribution is 5.41. The van der Waals surface area contributed by atoms with E-state index in [-0.39, 0.29) is 5.54 Å². The topological polar surface area (TPSA) is 28.2 Å². The Bertz CT molecular complexity index is 360. The molecule has 1 saturated carbocycles. The van der Waals surface area contributed by atoms with E-state index in [0.717, 1.165) is 18.4 Å². The van der Waals surface area contributed by atoms with Crippen LogP contribution in [0.4, 0.5) is 5.82 Å². The highest BCUT2D eigenvalue weighted by Crippen LogP contribution is 2.28. The second-order valence-electron chi connectivity index (χ2n) is 5.97. The van der Waals surface area contributed by atoms with Crippen LogP contribution in [-0.4, -0.2) is 23.6 Å². The summed E-state index contributed by atoms with van der Waals surface area (Å²) in [4.78, 5) is 6.81. The second kappa shape index (κ2) is 4.65. The molecule has 0 bridgehead atoms. The van der Waals surface area contributed by atoms with Crippen molar-refractivity contribution in [1.29, 1.82) is 0 Å². The van der Waals surface area contributed by atoms with Gasteiger partial charge in [0.2, 0.25) is 0 Å². The van der Waals surface area contributed by atoms with Gasteiger partial charge in [-0.25, -0.2) is 4.98 Å². The normalized spacial score (nSPS) is 16.0. The van der Waals surface area contributed by atoms with Gasteiger partial charge in [0, 0.05) is 31.4 Å². The lowest BCUT2D eigenvalue weighted by Crippen LogP contribution is -2.35. The molecule has 94 valence electrons. The Morgan fingerprint density at radius 1 is 1.35 bits per heavy atom. The molecule has 1 aliphatic carbocycles. The first-order valence-electron chi connectivity index (χ1n) is 6.38. The first kappa shape index (κ1) is 12.4. The summed E-state index contributed by atoms with van der Waals surface area (Å²) in [6, 6.07) is 5.01. The van der Waals surface area contributed by atoms with Gasteiger partial charge >= 0.3 is 0 Å². The lowest BCUT2D eigenvalue weighted by Gasteiger charge is -2.21. The van der Waals surface area contributed by atoms with Crippen LogP contribution in [0.2, 0.25) is 0 Å².